The van der Waals surface area contributed by atoms with Crippen LogP contribution in [0.25, 0.3) is 0 Å². The summed E-state index contributed by atoms with van der Waals surface area (Å²) < 4.78 is 0. The highest BCUT2D eigenvalue weighted by atomic mass is 32.2. The van der Waals surface area contributed by atoms with Gasteiger partial charge in [-0.25, -0.2) is 0 Å². The molecule has 0 radical (unpaired) electrons. The lowest BCUT2D eigenvalue weighted by molar-refractivity contribution is 0.120. The van der Waals surface area contributed by atoms with E-state index in [0.29, 0.717) is 5.25 Å². The Kier molecular flexibility index (Phi) is 4.30. The molecule has 1 aromatic carbocycles. The Morgan fingerprint density at radius 2 is 2.05 bits per heavy atom. The number of fused-ring (bicyclic) bond motifs is 1. The number of piperazine rings is 1. The van der Waals surface area contributed by atoms with E-state index < -0.39 is 0 Å². The van der Waals surface area contributed by atoms with Gasteiger partial charge in [0.15, 0.2) is 0 Å². The molecule has 20 heavy (non-hydrogen) atoms. The Morgan fingerprint density at radius 1 is 1.30 bits per heavy atom. The van der Waals surface area contributed by atoms with E-state index in [1.807, 2.05) is 18.7 Å². The molecule has 2 heterocycles. The van der Waals surface area contributed by atoms with Crippen LogP contribution in [-0.4, -0.2) is 53.8 Å². The average molecular weight is 287 g/mol. The zero-order valence-electron chi connectivity index (χ0n) is 12.0. The normalized spacial score (nSPS) is 25.1. The highest BCUT2D eigenvalue weighted by Gasteiger charge is 2.26. The second-order valence-corrected chi connectivity index (χ2v) is 7.04. The van der Waals surface area contributed by atoms with E-state index in [2.05, 4.69) is 40.1 Å². The van der Waals surface area contributed by atoms with Crippen LogP contribution in [0.1, 0.15) is 12.5 Å². The number of hydrogen-bond acceptors (Lipinski definition) is 4. The molecule has 3 nitrogen and oxygen atoms in total. The first-order chi connectivity index (χ1) is 9.76. The molecule has 1 fully saturated rings. The Morgan fingerprint density at radius 3 is 2.75 bits per heavy atom. The van der Waals surface area contributed by atoms with Crippen LogP contribution in [0.5, 0.6) is 0 Å². The van der Waals surface area contributed by atoms with Gasteiger partial charge in [-0.1, -0.05) is 18.2 Å². The summed E-state index contributed by atoms with van der Waals surface area (Å²) in [6.07, 6.45) is 1.20. The molecule has 0 N–H and O–H groups in total. The molecular weight excluding hydrogens is 266 g/mol. The molecule has 0 aromatic heterocycles. The number of hydrogen-bond donors (Lipinski definition) is 0. The second-order valence-electron chi connectivity index (χ2n) is 5.69. The van der Waals surface area contributed by atoms with Crippen LogP contribution >= 0.6 is 11.8 Å². The Bertz CT molecular complexity index is 478. The predicted octanol–water partition coefficient (Wildman–Crippen LogP) is 2.23. The molecular formula is C16H21N3S. The van der Waals surface area contributed by atoms with Gasteiger partial charge in [0.05, 0.1) is 12.1 Å². The summed E-state index contributed by atoms with van der Waals surface area (Å²) in [6, 6.07) is 11.2. The lowest BCUT2D eigenvalue weighted by atomic mass is 10.1. The van der Waals surface area contributed by atoms with Crippen LogP contribution in [0, 0.1) is 11.3 Å². The highest BCUT2D eigenvalue weighted by molar-refractivity contribution is 8.00. The summed E-state index contributed by atoms with van der Waals surface area (Å²) in [5.74, 6) is 0. The van der Waals surface area contributed by atoms with Crippen molar-refractivity contribution in [1.29, 1.82) is 5.26 Å². The van der Waals surface area contributed by atoms with Crippen LogP contribution in [0.4, 0.5) is 0 Å². The number of benzene rings is 1. The van der Waals surface area contributed by atoms with Crippen molar-refractivity contribution in [3.63, 3.8) is 0 Å². The van der Waals surface area contributed by atoms with E-state index in [9.17, 15) is 0 Å². The van der Waals surface area contributed by atoms with Gasteiger partial charge in [0.25, 0.3) is 0 Å². The van der Waals surface area contributed by atoms with Gasteiger partial charge in [0, 0.05) is 42.9 Å². The molecule has 4 heteroatoms. The van der Waals surface area contributed by atoms with Gasteiger partial charge in [0.2, 0.25) is 0 Å². The minimum Gasteiger partial charge on any atom is -0.300 e. The van der Waals surface area contributed by atoms with E-state index >= 15 is 0 Å². The van der Waals surface area contributed by atoms with Crippen molar-refractivity contribution in [3.05, 3.63) is 29.8 Å². The lowest BCUT2D eigenvalue weighted by Crippen LogP contribution is -2.50. The van der Waals surface area contributed by atoms with Crippen LogP contribution in [0.3, 0.4) is 0 Å². The highest BCUT2D eigenvalue weighted by Crippen LogP contribution is 2.37. The number of thioether (sulfide) groups is 1. The summed E-state index contributed by atoms with van der Waals surface area (Å²) in [5, 5.41) is 9.68. The molecule has 0 bridgehead atoms. The maximum Gasteiger partial charge on any atom is 0.0950 e. The minimum absolute atomic E-state index is 0.0576. The Labute approximate surface area is 125 Å². The SMILES string of the molecule is CC(C#N)N1CCN(CC2Cc3ccccc3S2)CC1. The zero-order valence-corrected chi connectivity index (χ0v) is 12.8. The topological polar surface area (TPSA) is 30.3 Å². The molecule has 106 valence electrons. The Balaban J connectivity index is 1.49. The first-order valence-corrected chi connectivity index (χ1v) is 8.25. The van der Waals surface area contributed by atoms with Gasteiger partial charge in [-0.3, -0.25) is 9.80 Å². The van der Waals surface area contributed by atoms with Crippen molar-refractivity contribution in [2.24, 2.45) is 0 Å². The molecule has 2 aliphatic rings. The summed E-state index contributed by atoms with van der Waals surface area (Å²) in [4.78, 5) is 6.31. The molecule has 1 aromatic rings. The van der Waals surface area contributed by atoms with Crippen LogP contribution in [-0.2, 0) is 6.42 Å². The van der Waals surface area contributed by atoms with Crippen LogP contribution < -0.4 is 0 Å². The quantitative estimate of drug-likeness (QED) is 0.853. The molecule has 0 saturated carbocycles. The van der Waals surface area contributed by atoms with Gasteiger partial charge in [-0.2, -0.15) is 5.26 Å². The van der Waals surface area contributed by atoms with Crippen molar-refractivity contribution in [1.82, 2.24) is 9.80 Å². The third-order valence-electron chi connectivity index (χ3n) is 4.32. The van der Waals surface area contributed by atoms with Gasteiger partial charge in [-0.05, 0) is 25.0 Å². The molecule has 0 spiro atoms. The number of rotatable bonds is 3. The second kappa shape index (κ2) is 6.17. The first kappa shape index (κ1) is 13.9. The van der Waals surface area contributed by atoms with E-state index in [1.165, 1.54) is 23.4 Å². The molecule has 0 amide bonds. The lowest BCUT2D eigenvalue weighted by Gasteiger charge is -2.36. The third-order valence-corrected chi connectivity index (χ3v) is 5.62. The molecule has 0 aliphatic carbocycles. The van der Waals surface area contributed by atoms with Crippen LogP contribution in [0.2, 0.25) is 0 Å². The summed E-state index contributed by atoms with van der Waals surface area (Å²) in [5.41, 5.74) is 1.51. The fourth-order valence-corrected chi connectivity index (χ4v) is 4.43. The van der Waals surface area contributed by atoms with Gasteiger partial charge < -0.3 is 0 Å². The zero-order chi connectivity index (χ0) is 13.9. The van der Waals surface area contributed by atoms with Gasteiger partial charge in [-0.15, -0.1) is 11.8 Å². The first-order valence-electron chi connectivity index (χ1n) is 7.37. The summed E-state index contributed by atoms with van der Waals surface area (Å²) >= 11 is 2.03. The largest absolute Gasteiger partial charge is 0.300 e. The molecule has 2 unspecified atom stereocenters. The fraction of sp³-hybridized carbons (Fsp3) is 0.562. The molecule has 2 atom stereocenters. The molecule has 3 rings (SSSR count). The van der Waals surface area contributed by atoms with E-state index in [4.69, 9.17) is 5.26 Å². The maximum atomic E-state index is 8.97. The Hall–Kier alpha value is -1.02. The third kappa shape index (κ3) is 3.01. The van der Waals surface area contributed by atoms with E-state index in [0.717, 1.165) is 26.2 Å². The number of nitriles is 1. The predicted molar refractivity (Wildman–Crippen MR) is 82.9 cm³/mol. The monoisotopic (exact) mass is 287 g/mol. The van der Waals surface area contributed by atoms with Crippen molar-refractivity contribution < 1.29 is 0 Å². The summed E-state index contributed by atoms with van der Waals surface area (Å²) in [6.45, 7) is 7.42. The molecule has 1 saturated heterocycles. The van der Waals surface area contributed by atoms with Gasteiger partial charge in [0.1, 0.15) is 0 Å². The van der Waals surface area contributed by atoms with E-state index in [1.54, 1.807) is 0 Å². The molecule has 2 aliphatic heterocycles. The van der Waals surface area contributed by atoms with Crippen LogP contribution in [0.15, 0.2) is 29.2 Å². The standard InChI is InChI=1S/C16H21N3S/c1-13(11-17)19-8-6-18(7-9-19)12-15-10-14-4-2-3-5-16(14)20-15/h2-5,13,15H,6-10,12H2,1H3. The van der Waals surface area contributed by atoms with Crippen molar-refractivity contribution in [3.8, 4) is 6.07 Å². The van der Waals surface area contributed by atoms with Gasteiger partial charge >= 0.3 is 0 Å². The van der Waals surface area contributed by atoms with Crippen molar-refractivity contribution in [2.75, 3.05) is 32.7 Å². The van der Waals surface area contributed by atoms with Crippen molar-refractivity contribution >= 4 is 11.8 Å². The number of nitrogens with zero attached hydrogens (tertiary/aromatic N) is 3. The smallest absolute Gasteiger partial charge is 0.0950 e. The summed E-state index contributed by atoms with van der Waals surface area (Å²) in [7, 11) is 0. The minimum atomic E-state index is 0.0576. The van der Waals surface area contributed by atoms with E-state index in [-0.39, 0.29) is 6.04 Å². The average Bonchev–Trinajstić information content (AvgIpc) is 2.89. The maximum absolute atomic E-state index is 8.97. The van der Waals surface area contributed by atoms with Crippen molar-refractivity contribution in [2.45, 2.75) is 29.5 Å². The fourth-order valence-electron chi connectivity index (χ4n) is 3.06.